The molecule has 0 spiro atoms. The Morgan fingerprint density at radius 1 is 1.10 bits per heavy atom. The number of nitrogens with zero attached hydrogens (tertiary/aromatic N) is 3. The molecule has 2 saturated heterocycles. The van der Waals surface area contributed by atoms with E-state index >= 15 is 0 Å². The lowest BCUT2D eigenvalue weighted by atomic mass is 9.94. The Balaban J connectivity index is 1.72. The molecular weight excluding hydrogens is 258 g/mol. The van der Waals surface area contributed by atoms with Crippen molar-refractivity contribution in [2.45, 2.75) is 20.8 Å². The molecule has 2 fully saturated rings. The number of piperazine rings is 1. The molecule has 0 aromatic carbocycles. The molecule has 0 saturated carbocycles. The van der Waals surface area contributed by atoms with E-state index in [0.29, 0.717) is 19.7 Å². The van der Waals surface area contributed by atoms with Crippen LogP contribution in [-0.2, 0) is 9.53 Å². The minimum absolute atomic E-state index is 0.202. The first-order chi connectivity index (χ1) is 9.38. The molecule has 6 heteroatoms. The van der Waals surface area contributed by atoms with Crippen molar-refractivity contribution >= 4 is 12.0 Å². The zero-order valence-electron chi connectivity index (χ0n) is 12.7. The van der Waals surface area contributed by atoms with Gasteiger partial charge in [-0.3, -0.25) is 9.69 Å². The van der Waals surface area contributed by atoms with Gasteiger partial charge in [-0.2, -0.15) is 0 Å². The molecule has 0 aliphatic carbocycles. The number of cyclic esters (lactones) is 1. The van der Waals surface area contributed by atoms with Gasteiger partial charge in [-0.25, -0.2) is 4.79 Å². The third kappa shape index (κ3) is 3.62. The van der Waals surface area contributed by atoms with E-state index in [9.17, 15) is 9.59 Å². The second-order valence-corrected chi connectivity index (χ2v) is 6.49. The quantitative estimate of drug-likeness (QED) is 0.762. The fourth-order valence-corrected chi connectivity index (χ4v) is 2.54. The van der Waals surface area contributed by atoms with Gasteiger partial charge in [0.25, 0.3) is 0 Å². The van der Waals surface area contributed by atoms with Crippen LogP contribution in [0.2, 0.25) is 0 Å². The highest BCUT2D eigenvalue weighted by atomic mass is 16.6. The summed E-state index contributed by atoms with van der Waals surface area (Å²) in [5, 5.41) is 0. The van der Waals surface area contributed by atoms with Crippen molar-refractivity contribution in [2.75, 3.05) is 52.4 Å². The van der Waals surface area contributed by atoms with E-state index in [0.717, 1.165) is 32.7 Å². The zero-order chi connectivity index (χ0) is 14.8. The first-order valence-electron chi connectivity index (χ1n) is 7.31. The molecule has 20 heavy (non-hydrogen) atoms. The van der Waals surface area contributed by atoms with Crippen LogP contribution >= 0.6 is 0 Å². The van der Waals surface area contributed by atoms with Gasteiger partial charge in [0.2, 0.25) is 5.91 Å². The summed E-state index contributed by atoms with van der Waals surface area (Å²) in [7, 11) is 0. The molecule has 0 N–H and O–H groups in total. The van der Waals surface area contributed by atoms with Crippen LogP contribution in [0.4, 0.5) is 4.79 Å². The molecule has 0 unspecified atom stereocenters. The Bertz CT molecular complexity index is 370. The third-order valence-electron chi connectivity index (χ3n) is 3.83. The zero-order valence-corrected chi connectivity index (χ0v) is 12.7. The van der Waals surface area contributed by atoms with Gasteiger partial charge >= 0.3 is 6.09 Å². The molecule has 2 aliphatic heterocycles. The van der Waals surface area contributed by atoms with Gasteiger partial charge in [0.1, 0.15) is 6.61 Å². The average Bonchev–Trinajstić information content (AvgIpc) is 2.81. The maximum atomic E-state index is 12.2. The average molecular weight is 283 g/mol. The maximum absolute atomic E-state index is 12.2. The predicted octanol–water partition coefficient (Wildman–Crippen LogP) is 0.629. The van der Waals surface area contributed by atoms with E-state index in [1.807, 2.05) is 25.7 Å². The minimum Gasteiger partial charge on any atom is -0.448 e. The second-order valence-electron chi connectivity index (χ2n) is 6.49. The van der Waals surface area contributed by atoms with E-state index < -0.39 is 0 Å². The number of amides is 2. The fourth-order valence-electron chi connectivity index (χ4n) is 2.54. The van der Waals surface area contributed by atoms with E-state index in [1.54, 1.807) is 4.90 Å². The molecule has 0 aromatic heterocycles. The highest BCUT2D eigenvalue weighted by Gasteiger charge is 2.30. The summed E-state index contributed by atoms with van der Waals surface area (Å²) in [4.78, 5) is 29.5. The number of hydrogen-bond donors (Lipinski definition) is 0. The molecular formula is C14H25N3O3. The number of rotatable bonds is 3. The Labute approximate surface area is 120 Å². The van der Waals surface area contributed by atoms with E-state index in [1.165, 1.54) is 0 Å². The summed E-state index contributed by atoms with van der Waals surface area (Å²) < 4.78 is 4.91. The van der Waals surface area contributed by atoms with E-state index in [-0.39, 0.29) is 17.4 Å². The standard InChI is InChI=1S/C14H25N3O3/c1-14(2,3)12(18)16-7-4-15(5-8-16)6-9-17-10-11-20-13(17)19/h4-11H2,1-3H3. The lowest BCUT2D eigenvalue weighted by molar-refractivity contribution is -0.141. The van der Waals surface area contributed by atoms with Crippen molar-refractivity contribution in [3.8, 4) is 0 Å². The third-order valence-corrected chi connectivity index (χ3v) is 3.83. The van der Waals surface area contributed by atoms with Gasteiger partial charge in [-0.1, -0.05) is 20.8 Å². The van der Waals surface area contributed by atoms with Crippen LogP contribution in [0.15, 0.2) is 0 Å². The summed E-state index contributed by atoms with van der Waals surface area (Å²) in [5.41, 5.74) is -0.304. The number of carbonyl (C=O) groups is 2. The highest BCUT2D eigenvalue weighted by molar-refractivity contribution is 5.81. The largest absolute Gasteiger partial charge is 0.448 e. The molecule has 2 heterocycles. The lowest BCUT2D eigenvalue weighted by Gasteiger charge is -2.38. The molecule has 114 valence electrons. The Morgan fingerprint density at radius 2 is 1.75 bits per heavy atom. The van der Waals surface area contributed by atoms with Gasteiger partial charge < -0.3 is 14.5 Å². The molecule has 2 rings (SSSR count). The Kier molecular flexibility index (Phi) is 4.52. The van der Waals surface area contributed by atoms with E-state index in [2.05, 4.69) is 4.90 Å². The first kappa shape index (κ1) is 15.1. The van der Waals surface area contributed by atoms with Crippen molar-refractivity contribution in [1.82, 2.24) is 14.7 Å². The number of carbonyl (C=O) groups excluding carboxylic acids is 2. The minimum atomic E-state index is -0.304. The lowest BCUT2D eigenvalue weighted by Crippen LogP contribution is -2.52. The first-order valence-corrected chi connectivity index (χ1v) is 7.31. The van der Waals surface area contributed by atoms with Gasteiger partial charge in [0.05, 0.1) is 6.54 Å². The van der Waals surface area contributed by atoms with Crippen molar-refractivity contribution in [3.63, 3.8) is 0 Å². The van der Waals surface area contributed by atoms with Gasteiger partial charge in [0, 0.05) is 44.7 Å². The van der Waals surface area contributed by atoms with E-state index in [4.69, 9.17) is 4.74 Å². The van der Waals surface area contributed by atoms with Crippen molar-refractivity contribution in [1.29, 1.82) is 0 Å². The van der Waals surface area contributed by atoms with Crippen LogP contribution < -0.4 is 0 Å². The van der Waals surface area contributed by atoms with Crippen LogP contribution in [-0.4, -0.2) is 79.1 Å². The predicted molar refractivity (Wildman–Crippen MR) is 75.4 cm³/mol. The highest BCUT2D eigenvalue weighted by Crippen LogP contribution is 2.18. The molecule has 0 radical (unpaired) electrons. The summed E-state index contributed by atoms with van der Waals surface area (Å²) >= 11 is 0. The van der Waals surface area contributed by atoms with Crippen LogP contribution in [0, 0.1) is 5.41 Å². The Hall–Kier alpha value is -1.30. The normalized spacial score (nSPS) is 21.2. The Morgan fingerprint density at radius 3 is 2.25 bits per heavy atom. The molecule has 6 nitrogen and oxygen atoms in total. The molecule has 2 aliphatic rings. The SMILES string of the molecule is CC(C)(C)C(=O)N1CCN(CCN2CCOC2=O)CC1. The van der Waals surface area contributed by atoms with Crippen LogP contribution in [0.25, 0.3) is 0 Å². The summed E-state index contributed by atoms with van der Waals surface area (Å²) in [6.07, 6.45) is -0.202. The monoisotopic (exact) mass is 283 g/mol. The maximum Gasteiger partial charge on any atom is 0.409 e. The number of ether oxygens (including phenoxy) is 1. The number of hydrogen-bond acceptors (Lipinski definition) is 4. The van der Waals surface area contributed by atoms with Crippen LogP contribution in [0.5, 0.6) is 0 Å². The van der Waals surface area contributed by atoms with Gasteiger partial charge in [-0.15, -0.1) is 0 Å². The smallest absolute Gasteiger partial charge is 0.409 e. The topological polar surface area (TPSA) is 53.1 Å². The molecule has 2 amide bonds. The van der Waals surface area contributed by atoms with Gasteiger partial charge in [0.15, 0.2) is 0 Å². The second kappa shape index (κ2) is 5.99. The molecule has 0 bridgehead atoms. The van der Waals surface area contributed by atoms with Crippen LogP contribution in [0.3, 0.4) is 0 Å². The van der Waals surface area contributed by atoms with Crippen LogP contribution in [0.1, 0.15) is 20.8 Å². The van der Waals surface area contributed by atoms with Crippen molar-refractivity contribution in [3.05, 3.63) is 0 Å². The fraction of sp³-hybridized carbons (Fsp3) is 0.857. The summed E-state index contributed by atoms with van der Waals surface area (Å²) in [6.45, 7) is 12.0. The van der Waals surface area contributed by atoms with Gasteiger partial charge in [-0.05, 0) is 0 Å². The van der Waals surface area contributed by atoms with Crippen molar-refractivity contribution < 1.29 is 14.3 Å². The molecule has 0 atom stereocenters. The molecule has 0 aromatic rings. The summed E-state index contributed by atoms with van der Waals surface area (Å²) in [6, 6.07) is 0. The summed E-state index contributed by atoms with van der Waals surface area (Å²) in [5.74, 6) is 0.222. The van der Waals surface area contributed by atoms with Crippen molar-refractivity contribution in [2.24, 2.45) is 5.41 Å².